The molecule has 0 saturated carbocycles. The number of nitrogens with one attached hydrogen (secondary N) is 2. The van der Waals surface area contributed by atoms with Crippen molar-refractivity contribution in [3.05, 3.63) is 0 Å². The molecule has 0 radical (unpaired) electrons. The van der Waals surface area contributed by atoms with E-state index >= 15 is 0 Å². The molecule has 0 aromatic carbocycles. The third-order valence-electron chi connectivity index (χ3n) is 1.92. The number of rotatable bonds is 7. The van der Waals surface area contributed by atoms with Gasteiger partial charge in [0.05, 0.1) is 6.04 Å². The molecular weight excluding hydrogens is 164 g/mol. The molecule has 78 valence electrons. The maximum Gasteiger partial charge on any atom is 0.236 e. The smallest absolute Gasteiger partial charge is 0.236 e. The zero-order chi connectivity index (χ0) is 10.1. The fraction of sp³-hybridized carbons (Fsp3) is 0.900. The van der Waals surface area contributed by atoms with Crippen LogP contribution in [0, 0.1) is 0 Å². The second-order valence-electron chi connectivity index (χ2n) is 3.32. The van der Waals surface area contributed by atoms with Gasteiger partial charge in [-0.3, -0.25) is 4.79 Å². The van der Waals surface area contributed by atoms with Crippen LogP contribution in [0.5, 0.6) is 0 Å². The molecule has 1 atom stereocenters. The van der Waals surface area contributed by atoms with Gasteiger partial charge in [-0.2, -0.15) is 0 Å². The molecule has 1 unspecified atom stereocenters. The molecule has 1 amide bonds. The number of hydrogen-bond acceptors (Lipinski definition) is 2. The van der Waals surface area contributed by atoms with Crippen LogP contribution in [0.4, 0.5) is 0 Å². The summed E-state index contributed by atoms with van der Waals surface area (Å²) in [6, 6.07) is -0.0573. The highest BCUT2D eigenvalue weighted by Gasteiger charge is 2.09. The Kier molecular flexibility index (Phi) is 7.69. The summed E-state index contributed by atoms with van der Waals surface area (Å²) >= 11 is 0. The highest BCUT2D eigenvalue weighted by atomic mass is 16.2. The molecule has 0 aliphatic rings. The fourth-order valence-electron chi connectivity index (χ4n) is 0.989. The SMILES string of the molecule is CCCCNC(C)C(=O)NCCC. The molecule has 0 spiro atoms. The second-order valence-corrected chi connectivity index (χ2v) is 3.32. The Balaban J connectivity index is 3.45. The Morgan fingerprint density at radius 3 is 2.46 bits per heavy atom. The van der Waals surface area contributed by atoms with Crippen LogP contribution in [-0.2, 0) is 4.79 Å². The summed E-state index contributed by atoms with van der Waals surface area (Å²) in [7, 11) is 0. The maximum absolute atomic E-state index is 11.3. The molecule has 0 rings (SSSR count). The van der Waals surface area contributed by atoms with E-state index in [0.717, 1.165) is 32.4 Å². The van der Waals surface area contributed by atoms with Crippen LogP contribution >= 0.6 is 0 Å². The molecule has 0 bridgehead atoms. The molecule has 13 heavy (non-hydrogen) atoms. The third-order valence-corrected chi connectivity index (χ3v) is 1.92. The van der Waals surface area contributed by atoms with Gasteiger partial charge in [0, 0.05) is 6.54 Å². The van der Waals surface area contributed by atoms with Crippen molar-refractivity contribution < 1.29 is 4.79 Å². The Morgan fingerprint density at radius 2 is 1.92 bits per heavy atom. The lowest BCUT2D eigenvalue weighted by atomic mass is 10.2. The van der Waals surface area contributed by atoms with Gasteiger partial charge in [-0.05, 0) is 26.3 Å². The molecule has 0 aromatic rings. The predicted molar refractivity (Wildman–Crippen MR) is 55.7 cm³/mol. The van der Waals surface area contributed by atoms with Crippen molar-refractivity contribution in [3.8, 4) is 0 Å². The molecule has 0 aliphatic carbocycles. The summed E-state index contributed by atoms with van der Waals surface area (Å²) in [5.74, 6) is 0.109. The highest BCUT2D eigenvalue weighted by molar-refractivity contribution is 5.81. The average molecular weight is 186 g/mol. The normalized spacial score (nSPS) is 12.5. The number of amides is 1. The minimum Gasteiger partial charge on any atom is -0.355 e. The van der Waals surface area contributed by atoms with E-state index in [1.165, 1.54) is 0 Å². The van der Waals surface area contributed by atoms with E-state index in [2.05, 4.69) is 24.5 Å². The van der Waals surface area contributed by atoms with Crippen LogP contribution in [0.1, 0.15) is 40.0 Å². The van der Waals surface area contributed by atoms with Crippen molar-refractivity contribution in [1.82, 2.24) is 10.6 Å². The van der Waals surface area contributed by atoms with Gasteiger partial charge in [-0.25, -0.2) is 0 Å². The zero-order valence-corrected chi connectivity index (χ0v) is 9.02. The van der Waals surface area contributed by atoms with Crippen molar-refractivity contribution in [2.24, 2.45) is 0 Å². The van der Waals surface area contributed by atoms with Crippen molar-refractivity contribution in [3.63, 3.8) is 0 Å². The standard InChI is InChI=1S/C10H22N2O/c1-4-6-8-11-9(3)10(13)12-7-5-2/h9,11H,4-8H2,1-3H3,(H,12,13). The number of carbonyl (C=O) groups is 1. The van der Waals surface area contributed by atoms with Crippen LogP contribution in [0.25, 0.3) is 0 Å². The topological polar surface area (TPSA) is 41.1 Å². The van der Waals surface area contributed by atoms with E-state index in [1.54, 1.807) is 0 Å². The summed E-state index contributed by atoms with van der Waals surface area (Å²) in [6.07, 6.45) is 3.29. The van der Waals surface area contributed by atoms with Gasteiger partial charge >= 0.3 is 0 Å². The van der Waals surface area contributed by atoms with Crippen LogP contribution in [0.15, 0.2) is 0 Å². The summed E-state index contributed by atoms with van der Waals surface area (Å²) in [5.41, 5.74) is 0. The molecule has 2 N–H and O–H groups in total. The summed E-state index contributed by atoms with van der Waals surface area (Å²) in [4.78, 5) is 11.3. The van der Waals surface area contributed by atoms with Gasteiger partial charge in [-0.15, -0.1) is 0 Å². The van der Waals surface area contributed by atoms with Crippen LogP contribution in [0.3, 0.4) is 0 Å². The first kappa shape index (κ1) is 12.4. The molecule has 0 aliphatic heterocycles. The summed E-state index contributed by atoms with van der Waals surface area (Å²) in [5, 5.41) is 6.04. The van der Waals surface area contributed by atoms with E-state index in [0.29, 0.717) is 0 Å². The number of unbranched alkanes of at least 4 members (excludes halogenated alkanes) is 1. The van der Waals surface area contributed by atoms with Gasteiger partial charge < -0.3 is 10.6 Å². The Labute approximate surface area is 81.3 Å². The quantitative estimate of drug-likeness (QED) is 0.588. The van der Waals surface area contributed by atoms with Crippen LogP contribution in [-0.4, -0.2) is 25.0 Å². The van der Waals surface area contributed by atoms with Crippen molar-refractivity contribution in [2.45, 2.75) is 46.1 Å². The largest absolute Gasteiger partial charge is 0.355 e. The minimum absolute atomic E-state index is 0.0573. The zero-order valence-electron chi connectivity index (χ0n) is 9.02. The van der Waals surface area contributed by atoms with Gasteiger partial charge in [0.1, 0.15) is 0 Å². The fourth-order valence-corrected chi connectivity index (χ4v) is 0.989. The van der Waals surface area contributed by atoms with Crippen LogP contribution < -0.4 is 10.6 Å². The third kappa shape index (κ3) is 6.58. The molecule has 3 heteroatoms. The lowest BCUT2D eigenvalue weighted by Crippen LogP contribution is -2.42. The van der Waals surface area contributed by atoms with Gasteiger partial charge in [-0.1, -0.05) is 20.3 Å². The highest BCUT2D eigenvalue weighted by Crippen LogP contribution is 1.87. The van der Waals surface area contributed by atoms with Gasteiger partial charge in [0.2, 0.25) is 5.91 Å². The van der Waals surface area contributed by atoms with Gasteiger partial charge in [0.25, 0.3) is 0 Å². The first-order chi connectivity index (χ1) is 6.22. The molecule has 0 aromatic heterocycles. The van der Waals surface area contributed by atoms with Gasteiger partial charge in [0.15, 0.2) is 0 Å². The van der Waals surface area contributed by atoms with E-state index < -0.39 is 0 Å². The molecule has 0 heterocycles. The van der Waals surface area contributed by atoms with E-state index in [-0.39, 0.29) is 11.9 Å². The lowest BCUT2D eigenvalue weighted by molar-refractivity contribution is -0.122. The average Bonchev–Trinajstić information content (AvgIpc) is 2.14. The van der Waals surface area contributed by atoms with E-state index in [9.17, 15) is 4.79 Å². The Hall–Kier alpha value is -0.570. The number of hydrogen-bond donors (Lipinski definition) is 2. The second kappa shape index (κ2) is 8.05. The summed E-state index contributed by atoms with van der Waals surface area (Å²) < 4.78 is 0. The van der Waals surface area contributed by atoms with Crippen LogP contribution in [0.2, 0.25) is 0 Å². The molecule has 3 nitrogen and oxygen atoms in total. The van der Waals surface area contributed by atoms with E-state index in [1.807, 2.05) is 6.92 Å². The van der Waals surface area contributed by atoms with Crippen molar-refractivity contribution in [2.75, 3.05) is 13.1 Å². The number of carbonyl (C=O) groups excluding carboxylic acids is 1. The molecular formula is C10H22N2O. The summed E-state index contributed by atoms with van der Waals surface area (Å²) in [6.45, 7) is 7.80. The molecule has 0 fully saturated rings. The van der Waals surface area contributed by atoms with Crippen molar-refractivity contribution in [1.29, 1.82) is 0 Å². The monoisotopic (exact) mass is 186 g/mol. The lowest BCUT2D eigenvalue weighted by Gasteiger charge is -2.12. The predicted octanol–water partition coefficient (Wildman–Crippen LogP) is 1.29. The minimum atomic E-state index is -0.0573. The maximum atomic E-state index is 11.3. The van der Waals surface area contributed by atoms with Crippen molar-refractivity contribution >= 4 is 5.91 Å². The first-order valence-electron chi connectivity index (χ1n) is 5.23. The Bertz CT molecular complexity index is 137. The molecule has 0 saturated heterocycles. The van der Waals surface area contributed by atoms with E-state index in [4.69, 9.17) is 0 Å². The first-order valence-corrected chi connectivity index (χ1v) is 5.23. The Morgan fingerprint density at radius 1 is 1.23 bits per heavy atom.